The molecule has 0 aromatic rings. The molecule has 0 aliphatic carbocycles. The SMILES string of the molecule is COC(=O)[C@@H]1COC(=S)N1C(=O)C(C)C. The van der Waals surface area contributed by atoms with Gasteiger partial charge in [0.15, 0.2) is 6.04 Å². The minimum atomic E-state index is -0.739. The van der Waals surface area contributed by atoms with Crippen molar-refractivity contribution in [2.45, 2.75) is 19.9 Å². The maximum Gasteiger partial charge on any atom is 0.332 e. The van der Waals surface area contributed by atoms with Crippen molar-refractivity contribution in [2.75, 3.05) is 13.7 Å². The van der Waals surface area contributed by atoms with Gasteiger partial charge in [0.1, 0.15) is 6.61 Å². The van der Waals surface area contributed by atoms with Crippen LogP contribution in [0.5, 0.6) is 0 Å². The van der Waals surface area contributed by atoms with Crippen molar-refractivity contribution in [2.24, 2.45) is 5.92 Å². The zero-order valence-corrected chi connectivity index (χ0v) is 9.67. The van der Waals surface area contributed by atoms with Crippen LogP contribution in [0.25, 0.3) is 0 Å². The lowest BCUT2D eigenvalue weighted by Gasteiger charge is -2.20. The monoisotopic (exact) mass is 231 g/mol. The molecule has 1 rings (SSSR count). The first kappa shape index (κ1) is 11.9. The molecular formula is C9H13NO4S. The maximum absolute atomic E-state index is 11.7. The summed E-state index contributed by atoms with van der Waals surface area (Å²) in [6.45, 7) is 3.54. The van der Waals surface area contributed by atoms with Gasteiger partial charge in [0.05, 0.1) is 7.11 Å². The lowest BCUT2D eigenvalue weighted by atomic mass is 10.1. The molecular weight excluding hydrogens is 218 g/mol. The molecule has 15 heavy (non-hydrogen) atoms. The molecule has 0 spiro atoms. The number of esters is 1. The summed E-state index contributed by atoms with van der Waals surface area (Å²) < 4.78 is 9.58. The molecule has 0 aromatic heterocycles. The van der Waals surface area contributed by atoms with E-state index in [0.717, 1.165) is 0 Å². The van der Waals surface area contributed by atoms with E-state index in [1.165, 1.54) is 12.0 Å². The van der Waals surface area contributed by atoms with Crippen molar-refractivity contribution in [1.82, 2.24) is 4.90 Å². The Labute approximate surface area is 93.3 Å². The number of hydrogen-bond acceptors (Lipinski definition) is 5. The molecule has 0 N–H and O–H groups in total. The standard InChI is InChI=1S/C9H13NO4S/c1-5(2)7(11)10-6(8(12)13-3)4-14-9(10)15/h5-6H,4H2,1-3H3/t6-/m0/s1. The van der Waals surface area contributed by atoms with E-state index in [2.05, 4.69) is 4.74 Å². The number of thiocarbonyl (C=S) groups is 1. The summed E-state index contributed by atoms with van der Waals surface area (Å²) in [6, 6.07) is -0.739. The Kier molecular flexibility index (Phi) is 3.62. The molecule has 0 unspecified atom stereocenters. The average Bonchev–Trinajstić information content (AvgIpc) is 2.57. The average molecular weight is 231 g/mol. The number of nitrogens with zero attached hydrogens (tertiary/aromatic N) is 1. The van der Waals surface area contributed by atoms with Crippen molar-refractivity contribution in [3.8, 4) is 0 Å². The van der Waals surface area contributed by atoms with Gasteiger partial charge in [-0.2, -0.15) is 0 Å². The van der Waals surface area contributed by atoms with Gasteiger partial charge in [0, 0.05) is 5.92 Å². The summed E-state index contributed by atoms with van der Waals surface area (Å²) >= 11 is 4.86. The van der Waals surface area contributed by atoms with Crippen molar-refractivity contribution in [3.63, 3.8) is 0 Å². The second kappa shape index (κ2) is 4.57. The number of rotatable bonds is 2. The van der Waals surface area contributed by atoms with Crippen LogP contribution in [0.1, 0.15) is 13.8 Å². The molecule has 0 aromatic carbocycles. The van der Waals surface area contributed by atoms with E-state index in [-0.39, 0.29) is 23.6 Å². The summed E-state index contributed by atoms with van der Waals surface area (Å²) in [5.41, 5.74) is 0. The molecule has 0 saturated carbocycles. The zero-order chi connectivity index (χ0) is 11.6. The molecule has 6 heteroatoms. The summed E-state index contributed by atoms with van der Waals surface area (Å²) in [4.78, 5) is 24.3. The number of carbonyl (C=O) groups excluding carboxylic acids is 2. The zero-order valence-electron chi connectivity index (χ0n) is 8.85. The topological polar surface area (TPSA) is 55.8 Å². The van der Waals surface area contributed by atoms with E-state index in [9.17, 15) is 9.59 Å². The highest BCUT2D eigenvalue weighted by atomic mass is 32.1. The molecule has 1 aliphatic rings. The second-order valence-electron chi connectivity index (χ2n) is 3.48. The van der Waals surface area contributed by atoms with Gasteiger partial charge in [-0.1, -0.05) is 13.8 Å². The number of hydrogen-bond donors (Lipinski definition) is 0. The van der Waals surface area contributed by atoms with Gasteiger partial charge >= 0.3 is 5.97 Å². The first-order valence-electron chi connectivity index (χ1n) is 4.56. The molecule has 0 radical (unpaired) electrons. The van der Waals surface area contributed by atoms with Crippen LogP contribution in [0.15, 0.2) is 0 Å². The molecule has 1 atom stereocenters. The van der Waals surface area contributed by atoms with Gasteiger partial charge in [0.2, 0.25) is 5.91 Å². The maximum atomic E-state index is 11.7. The highest BCUT2D eigenvalue weighted by molar-refractivity contribution is 7.80. The van der Waals surface area contributed by atoms with Crippen LogP contribution in [-0.2, 0) is 19.1 Å². The van der Waals surface area contributed by atoms with Crippen LogP contribution in [0.4, 0.5) is 0 Å². The molecule has 84 valence electrons. The minimum absolute atomic E-state index is 0.0455. The van der Waals surface area contributed by atoms with E-state index < -0.39 is 12.0 Å². The van der Waals surface area contributed by atoms with Crippen molar-refractivity contribution in [3.05, 3.63) is 0 Å². The van der Waals surface area contributed by atoms with Crippen LogP contribution in [0.2, 0.25) is 0 Å². The molecule has 1 amide bonds. The molecule has 5 nitrogen and oxygen atoms in total. The summed E-state index contributed by atoms with van der Waals surface area (Å²) in [7, 11) is 1.27. The number of methoxy groups -OCH3 is 1. The Balaban J connectivity index is 2.86. The predicted octanol–water partition coefficient (Wildman–Crippen LogP) is 0.328. The quantitative estimate of drug-likeness (QED) is 0.506. The number of amides is 1. The Hall–Kier alpha value is -1.17. The fourth-order valence-corrected chi connectivity index (χ4v) is 1.54. The number of ether oxygens (including phenoxy) is 2. The normalized spacial score (nSPS) is 20.4. The third-order valence-corrected chi connectivity index (χ3v) is 2.39. The lowest BCUT2D eigenvalue weighted by molar-refractivity contribution is -0.149. The van der Waals surface area contributed by atoms with Gasteiger partial charge in [0.25, 0.3) is 5.17 Å². The fourth-order valence-electron chi connectivity index (χ4n) is 1.25. The van der Waals surface area contributed by atoms with Crippen molar-refractivity contribution in [1.29, 1.82) is 0 Å². The predicted molar refractivity (Wildman–Crippen MR) is 56.0 cm³/mol. The largest absolute Gasteiger partial charge is 0.468 e. The summed E-state index contributed by atoms with van der Waals surface area (Å²) in [6.07, 6.45) is 0. The third kappa shape index (κ3) is 2.26. The molecule has 1 aliphatic heterocycles. The van der Waals surface area contributed by atoms with Gasteiger partial charge in [-0.3, -0.25) is 9.69 Å². The van der Waals surface area contributed by atoms with E-state index in [4.69, 9.17) is 17.0 Å². The first-order chi connectivity index (χ1) is 6.99. The van der Waals surface area contributed by atoms with Gasteiger partial charge in [-0.15, -0.1) is 0 Å². The summed E-state index contributed by atoms with van der Waals surface area (Å²) in [5.74, 6) is -0.978. The van der Waals surface area contributed by atoms with E-state index in [1.807, 2.05) is 0 Å². The Morgan fingerprint density at radius 2 is 2.20 bits per heavy atom. The molecule has 0 bridgehead atoms. The third-order valence-electron chi connectivity index (χ3n) is 2.08. The van der Waals surface area contributed by atoms with Crippen molar-refractivity contribution < 1.29 is 19.1 Å². The van der Waals surface area contributed by atoms with E-state index in [1.54, 1.807) is 13.8 Å². The van der Waals surface area contributed by atoms with E-state index in [0.29, 0.717) is 0 Å². The Morgan fingerprint density at radius 1 is 1.60 bits per heavy atom. The highest BCUT2D eigenvalue weighted by Crippen LogP contribution is 2.17. The van der Waals surface area contributed by atoms with Crippen LogP contribution in [-0.4, -0.2) is 41.7 Å². The summed E-state index contributed by atoms with van der Waals surface area (Å²) in [5, 5.41) is 0.0455. The Bertz CT molecular complexity index is 302. The van der Waals surface area contributed by atoms with Crippen LogP contribution in [0.3, 0.4) is 0 Å². The second-order valence-corrected chi connectivity index (χ2v) is 3.83. The first-order valence-corrected chi connectivity index (χ1v) is 4.97. The highest BCUT2D eigenvalue weighted by Gasteiger charge is 2.41. The van der Waals surface area contributed by atoms with Crippen molar-refractivity contribution >= 4 is 29.3 Å². The lowest BCUT2D eigenvalue weighted by Crippen LogP contribution is -2.45. The molecule has 1 saturated heterocycles. The van der Waals surface area contributed by atoms with E-state index >= 15 is 0 Å². The van der Waals surface area contributed by atoms with Gasteiger partial charge < -0.3 is 9.47 Å². The number of carbonyl (C=O) groups is 2. The molecule has 1 fully saturated rings. The smallest absolute Gasteiger partial charge is 0.332 e. The van der Waals surface area contributed by atoms with Gasteiger partial charge in [-0.05, 0) is 12.2 Å². The fraction of sp³-hybridized carbons (Fsp3) is 0.667. The van der Waals surface area contributed by atoms with Gasteiger partial charge in [-0.25, -0.2) is 4.79 Å². The Morgan fingerprint density at radius 3 is 2.67 bits per heavy atom. The van der Waals surface area contributed by atoms with Crippen LogP contribution < -0.4 is 0 Å². The van der Waals surface area contributed by atoms with Crippen LogP contribution in [0, 0.1) is 5.92 Å². The minimum Gasteiger partial charge on any atom is -0.468 e. The van der Waals surface area contributed by atoms with Crippen LogP contribution >= 0.6 is 12.2 Å². The molecule has 1 heterocycles.